The maximum Gasteiger partial charge on any atom is 0.337 e. The van der Waals surface area contributed by atoms with E-state index in [4.69, 9.17) is 0 Å². The minimum atomic E-state index is -0.693. The van der Waals surface area contributed by atoms with Crippen LogP contribution in [0.5, 0.6) is 0 Å². The molecule has 0 saturated carbocycles. The van der Waals surface area contributed by atoms with Gasteiger partial charge in [0, 0.05) is 24.8 Å². The SMILES string of the molecule is CC[C@@H](C)NC(=O)Cn1c(=O)c2c(C(=O)N3CCCC3)cc(C)nc2n(-c2ccccc2)c1=O. The summed E-state index contributed by atoms with van der Waals surface area (Å²) in [5.74, 6) is -0.709. The summed E-state index contributed by atoms with van der Waals surface area (Å²) in [6.45, 7) is 6.29. The topological polar surface area (TPSA) is 106 Å². The summed E-state index contributed by atoms with van der Waals surface area (Å²) in [5, 5.41) is 2.84. The van der Waals surface area contributed by atoms with Crippen LogP contribution in [0.15, 0.2) is 46.0 Å². The number of nitrogens with one attached hydrogen (secondary N) is 1. The Morgan fingerprint density at radius 2 is 1.79 bits per heavy atom. The van der Waals surface area contributed by atoms with E-state index in [-0.39, 0.29) is 28.5 Å². The average Bonchev–Trinajstić information content (AvgIpc) is 3.36. The van der Waals surface area contributed by atoms with Gasteiger partial charge in [-0.15, -0.1) is 0 Å². The molecular formula is C25H29N5O4. The summed E-state index contributed by atoms with van der Waals surface area (Å²) >= 11 is 0. The van der Waals surface area contributed by atoms with Gasteiger partial charge in [0.05, 0.1) is 16.6 Å². The summed E-state index contributed by atoms with van der Waals surface area (Å²) in [7, 11) is 0. The molecule has 1 saturated heterocycles. The summed E-state index contributed by atoms with van der Waals surface area (Å²) in [6.07, 6.45) is 2.52. The second-order valence-corrected chi connectivity index (χ2v) is 8.73. The molecule has 0 unspecified atom stereocenters. The van der Waals surface area contributed by atoms with Gasteiger partial charge in [-0.2, -0.15) is 0 Å². The zero-order valence-electron chi connectivity index (χ0n) is 19.7. The molecule has 2 aromatic heterocycles. The van der Waals surface area contributed by atoms with E-state index in [0.29, 0.717) is 30.9 Å². The number of para-hydroxylation sites is 1. The molecule has 1 N–H and O–H groups in total. The van der Waals surface area contributed by atoms with Crippen LogP contribution in [0.25, 0.3) is 16.7 Å². The lowest BCUT2D eigenvalue weighted by molar-refractivity contribution is -0.122. The third-order valence-electron chi connectivity index (χ3n) is 6.18. The quantitative estimate of drug-likeness (QED) is 0.602. The number of rotatable bonds is 6. The molecule has 9 heteroatoms. The molecule has 0 spiro atoms. The van der Waals surface area contributed by atoms with E-state index in [1.54, 1.807) is 42.2 Å². The van der Waals surface area contributed by atoms with E-state index in [2.05, 4.69) is 10.3 Å². The Hall–Kier alpha value is -3.75. The molecule has 2 amide bonds. The number of amides is 2. The number of benzene rings is 1. The van der Waals surface area contributed by atoms with Crippen molar-refractivity contribution in [2.24, 2.45) is 0 Å². The van der Waals surface area contributed by atoms with E-state index >= 15 is 0 Å². The lowest BCUT2D eigenvalue weighted by Gasteiger charge is -2.19. The molecule has 178 valence electrons. The number of pyridine rings is 1. The predicted molar refractivity (Wildman–Crippen MR) is 129 cm³/mol. The van der Waals surface area contributed by atoms with Gasteiger partial charge < -0.3 is 10.2 Å². The second-order valence-electron chi connectivity index (χ2n) is 8.73. The Morgan fingerprint density at radius 3 is 2.44 bits per heavy atom. The van der Waals surface area contributed by atoms with Crippen molar-refractivity contribution < 1.29 is 9.59 Å². The smallest absolute Gasteiger partial charge is 0.337 e. The lowest BCUT2D eigenvalue weighted by Crippen LogP contribution is -2.45. The van der Waals surface area contributed by atoms with Crippen molar-refractivity contribution in [3.63, 3.8) is 0 Å². The van der Waals surface area contributed by atoms with Crippen LogP contribution in [-0.4, -0.2) is 50.0 Å². The molecule has 1 fully saturated rings. The molecule has 0 radical (unpaired) electrons. The molecule has 3 heterocycles. The number of hydrogen-bond donors (Lipinski definition) is 1. The number of aryl methyl sites for hydroxylation is 1. The van der Waals surface area contributed by atoms with Crippen LogP contribution in [0, 0.1) is 6.92 Å². The van der Waals surface area contributed by atoms with Gasteiger partial charge in [0.15, 0.2) is 5.65 Å². The van der Waals surface area contributed by atoms with Gasteiger partial charge in [-0.25, -0.2) is 18.9 Å². The zero-order valence-corrected chi connectivity index (χ0v) is 19.7. The van der Waals surface area contributed by atoms with Gasteiger partial charge in [0.1, 0.15) is 6.54 Å². The van der Waals surface area contributed by atoms with E-state index in [1.165, 1.54) is 4.57 Å². The highest BCUT2D eigenvalue weighted by molar-refractivity contribution is 6.05. The fourth-order valence-corrected chi connectivity index (χ4v) is 4.24. The van der Waals surface area contributed by atoms with Crippen molar-refractivity contribution in [1.29, 1.82) is 0 Å². The first-order chi connectivity index (χ1) is 16.3. The van der Waals surface area contributed by atoms with Gasteiger partial charge in [-0.05, 0) is 51.3 Å². The predicted octanol–water partition coefficient (Wildman–Crippen LogP) is 2.01. The lowest BCUT2D eigenvalue weighted by atomic mass is 10.1. The number of nitrogens with zero attached hydrogens (tertiary/aromatic N) is 4. The maximum atomic E-state index is 13.6. The highest BCUT2D eigenvalue weighted by atomic mass is 16.2. The first-order valence-corrected chi connectivity index (χ1v) is 11.6. The highest BCUT2D eigenvalue weighted by Gasteiger charge is 2.27. The first-order valence-electron chi connectivity index (χ1n) is 11.6. The highest BCUT2D eigenvalue weighted by Crippen LogP contribution is 2.21. The van der Waals surface area contributed by atoms with Crippen molar-refractivity contribution in [3.8, 4) is 5.69 Å². The number of carbonyl (C=O) groups is 2. The van der Waals surface area contributed by atoms with Crippen LogP contribution in [0.4, 0.5) is 0 Å². The Labute approximate surface area is 197 Å². The Kier molecular flexibility index (Phi) is 6.63. The van der Waals surface area contributed by atoms with Crippen LogP contribution >= 0.6 is 0 Å². The third-order valence-corrected chi connectivity index (χ3v) is 6.18. The summed E-state index contributed by atoms with van der Waals surface area (Å²) in [6, 6.07) is 10.3. The van der Waals surface area contributed by atoms with E-state index in [9.17, 15) is 19.2 Å². The van der Waals surface area contributed by atoms with Crippen LogP contribution in [-0.2, 0) is 11.3 Å². The van der Waals surface area contributed by atoms with Crippen LogP contribution < -0.4 is 16.6 Å². The van der Waals surface area contributed by atoms with Gasteiger partial charge in [0.2, 0.25) is 5.91 Å². The molecule has 34 heavy (non-hydrogen) atoms. The Morgan fingerprint density at radius 1 is 1.12 bits per heavy atom. The van der Waals surface area contributed by atoms with Gasteiger partial charge in [-0.3, -0.25) is 14.4 Å². The third kappa shape index (κ3) is 4.37. The minimum Gasteiger partial charge on any atom is -0.352 e. The summed E-state index contributed by atoms with van der Waals surface area (Å²) < 4.78 is 2.20. The molecule has 1 aliphatic heterocycles. The molecular weight excluding hydrogens is 434 g/mol. The number of fused-ring (bicyclic) bond motifs is 1. The average molecular weight is 464 g/mol. The van der Waals surface area contributed by atoms with Gasteiger partial charge in [-0.1, -0.05) is 25.1 Å². The van der Waals surface area contributed by atoms with Crippen LogP contribution in [0.2, 0.25) is 0 Å². The van der Waals surface area contributed by atoms with E-state index < -0.39 is 23.7 Å². The molecule has 1 aromatic carbocycles. The number of hydrogen-bond acceptors (Lipinski definition) is 5. The molecule has 3 aromatic rings. The fraction of sp³-hybridized carbons (Fsp3) is 0.400. The summed E-state index contributed by atoms with van der Waals surface area (Å²) in [5.41, 5.74) is -0.0447. The molecule has 0 aliphatic carbocycles. The van der Waals surface area contributed by atoms with Crippen molar-refractivity contribution in [2.45, 2.75) is 52.6 Å². The number of aromatic nitrogens is 3. The van der Waals surface area contributed by atoms with Crippen LogP contribution in [0.1, 0.15) is 49.2 Å². The minimum absolute atomic E-state index is 0.0438. The largest absolute Gasteiger partial charge is 0.352 e. The Bertz CT molecular complexity index is 1350. The van der Waals surface area contributed by atoms with E-state index in [0.717, 1.165) is 17.4 Å². The van der Waals surface area contributed by atoms with Crippen molar-refractivity contribution in [1.82, 2.24) is 24.3 Å². The molecule has 9 nitrogen and oxygen atoms in total. The number of likely N-dealkylation sites (tertiary alicyclic amines) is 1. The summed E-state index contributed by atoms with van der Waals surface area (Å²) in [4.78, 5) is 59.4. The maximum absolute atomic E-state index is 13.6. The zero-order chi connectivity index (χ0) is 24.4. The Balaban J connectivity index is 2.01. The van der Waals surface area contributed by atoms with Crippen molar-refractivity contribution in [2.75, 3.05) is 13.1 Å². The van der Waals surface area contributed by atoms with Crippen molar-refractivity contribution >= 4 is 22.8 Å². The first kappa shape index (κ1) is 23.4. The van der Waals surface area contributed by atoms with Gasteiger partial charge >= 0.3 is 5.69 Å². The molecule has 1 atom stereocenters. The fourth-order valence-electron chi connectivity index (χ4n) is 4.24. The van der Waals surface area contributed by atoms with Gasteiger partial charge in [0.25, 0.3) is 11.5 Å². The number of carbonyl (C=O) groups excluding carboxylic acids is 2. The monoisotopic (exact) mass is 463 g/mol. The second kappa shape index (κ2) is 9.62. The van der Waals surface area contributed by atoms with Crippen LogP contribution in [0.3, 0.4) is 0 Å². The van der Waals surface area contributed by atoms with Crippen molar-refractivity contribution in [3.05, 3.63) is 68.5 Å². The molecule has 4 rings (SSSR count). The molecule has 0 bridgehead atoms. The molecule has 1 aliphatic rings. The van der Waals surface area contributed by atoms with E-state index in [1.807, 2.05) is 19.9 Å². The normalized spacial score (nSPS) is 14.4. The standard InChI is InChI=1S/C25H29N5O4/c1-4-16(2)26-20(31)15-29-24(33)21-19(23(32)28-12-8-9-13-28)14-17(3)27-22(21)30(25(29)34)18-10-6-5-7-11-18/h5-7,10-11,14,16H,4,8-9,12-13,15H2,1-3H3,(H,26,31)/t16-/m1/s1.